The first-order chi connectivity index (χ1) is 6.86. The fourth-order valence-electron chi connectivity index (χ4n) is 2.20. The summed E-state index contributed by atoms with van der Waals surface area (Å²) in [6, 6.07) is 0.0846. The molecule has 1 aliphatic rings. The molecule has 0 radical (unpaired) electrons. The Morgan fingerprint density at radius 3 is 2.50 bits per heavy atom. The Labute approximate surface area is 86.5 Å². The number of aliphatic hydroxyl groups is 2. The molecule has 0 bridgehead atoms. The van der Waals surface area contributed by atoms with Crippen molar-refractivity contribution >= 4 is 0 Å². The zero-order valence-corrected chi connectivity index (χ0v) is 8.91. The lowest BCUT2D eigenvalue weighted by Gasteiger charge is -2.16. The average Bonchev–Trinajstić information content (AvgIpc) is 2.69. The summed E-state index contributed by atoms with van der Waals surface area (Å²) in [6.07, 6.45) is 7.43. The molecule has 0 heterocycles. The minimum atomic E-state index is 0.0846. The van der Waals surface area contributed by atoms with E-state index >= 15 is 0 Å². The van der Waals surface area contributed by atoms with Gasteiger partial charge in [-0.25, -0.2) is 0 Å². The fraction of sp³-hybridized carbons (Fsp3) is 1.00. The first-order valence-electron chi connectivity index (χ1n) is 5.82. The first-order valence-corrected chi connectivity index (χ1v) is 5.82. The van der Waals surface area contributed by atoms with Crippen LogP contribution in [0.5, 0.6) is 0 Å². The second-order valence-electron chi connectivity index (χ2n) is 4.29. The van der Waals surface area contributed by atoms with Gasteiger partial charge in [-0.1, -0.05) is 25.7 Å². The van der Waals surface area contributed by atoms with Gasteiger partial charge in [0.05, 0.1) is 6.61 Å². The molecule has 3 heteroatoms. The third-order valence-corrected chi connectivity index (χ3v) is 3.16. The van der Waals surface area contributed by atoms with Crippen LogP contribution in [0.1, 0.15) is 38.5 Å². The first kappa shape index (κ1) is 12.0. The van der Waals surface area contributed by atoms with E-state index in [0.717, 1.165) is 12.5 Å². The molecule has 1 saturated carbocycles. The maximum atomic E-state index is 8.98. The summed E-state index contributed by atoms with van der Waals surface area (Å²) >= 11 is 0. The van der Waals surface area contributed by atoms with Gasteiger partial charge in [-0.15, -0.1) is 0 Å². The molecule has 84 valence electrons. The molecule has 0 aliphatic heterocycles. The minimum Gasteiger partial charge on any atom is -0.396 e. The zero-order chi connectivity index (χ0) is 10.2. The van der Waals surface area contributed by atoms with Gasteiger partial charge >= 0.3 is 0 Å². The minimum absolute atomic E-state index is 0.0846. The zero-order valence-electron chi connectivity index (χ0n) is 8.91. The molecule has 3 nitrogen and oxygen atoms in total. The Morgan fingerprint density at radius 1 is 1.21 bits per heavy atom. The van der Waals surface area contributed by atoms with E-state index in [9.17, 15) is 0 Å². The Kier molecular flexibility index (Phi) is 6.15. The summed E-state index contributed by atoms with van der Waals surface area (Å²) < 4.78 is 0. The van der Waals surface area contributed by atoms with Gasteiger partial charge in [0, 0.05) is 12.6 Å². The van der Waals surface area contributed by atoms with Crippen molar-refractivity contribution in [3.05, 3.63) is 0 Å². The molecule has 0 spiro atoms. The van der Waals surface area contributed by atoms with Crippen molar-refractivity contribution in [3.63, 3.8) is 0 Å². The van der Waals surface area contributed by atoms with Crippen LogP contribution in [0, 0.1) is 5.92 Å². The lowest BCUT2D eigenvalue weighted by Crippen LogP contribution is -2.34. The van der Waals surface area contributed by atoms with Gasteiger partial charge < -0.3 is 15.5 Å². The van der Waals surface area contributed by atoms with Crippen molar-refractivity contribution in [2.75, 3.05) is 19.8 Å². The van der Waals surface area contributed by atoms with Gasteiger partial charge in [0.15, 0.2) is 0 Å². The molecule has 0 aromatic heterocycles. The highest BCUT2D eigenvalue weighted by atomic mass is 16.3. The average molecular weight is 201 g/mol. The summed E-state index contributed by atoms with van der Waals surface area (Å²) in [5.74, 6) is 0.899. The lowest BCUT2D eigenvalue weighted by molar-refractivity contribution is 0.199. The van der Waals surface area contributed by atoms with E-state index in [-0.39, 0.29) is 19.3 Å². The largest absolute Gasteiger partial charge is 0.396 e. The number of hydrogen-bond donors (Lipinski definition) is 3. The molecule has 3 N–H and O–H groups in total. The maximum Gasteiger partial charge on any atom is 0.0585 e. The van der Waals surface area contributed by atoms with E-state index < -0.39 is 0 Å². The second kappa shape index (κ2) is 7.21. The normalized spacial score (nSPS) is 20.1. The predicted molar refractivity (Wildman–Crippen MR) is 57.2 cm³/mol. The molecular weight excluding hydrogens is 178 g/mol. The van der Waals surface area contributed by atoms with Crippen molar-refractivity contribution < 1.29 is 10.2 Å². The molecule has 1 fully saturated rings. The SMILES string of the molecule is OCCC(CO)NCCC1CCCC1. The van der Waals surface area contributed by atoms with Gasteiger partial charge in [-0.3, -0.25) is 0 Å². The Hall–Kier alpha value is -0.120. The van der Waals surface area contributed by atoms with Crippen LogP contribution in [0.15, 0.2) is 0 Å². The van der Waals surface area contributed by atoms with E-state index in [1.807, 2.05) is 0 Å². The molecule has 0 amide bonds. The third-order valence-electron chi connectivity index (χ3n) is 3.16. The highest BCUT2D eigenvalue weighted by molar-refractivity contribution is 4.70. The standard InChI is InChI=1S/C11H23NO2/c13-8-6-11(9-14)12-7-5-10-3-1-2-4-10/h10-14H,1-9H2. The number of aliphatic hydroxyl groups excluding tert-OH is 2. The van der Waals surface area contributed by atoms with Crippen LogP contribution >= 0.6 is 0 Å². The smallest absolute Gasteiger partial charge is 0.0585 e. The summed E-state index contributed by atoms with van der Waals surface area (Å²) in [7, 11) is 0. The summed E-state index contributed by atoms with van der Waals surface area (Å²) in [5, 5.41) is 21.0. The van der Waals surface area contributed by atoms with Gasteiger partial charge in [0.1, 0.15) is 0 Å². The van der Waals surface area contributed by atoms with Gasteiger partial charge in [0.2, 0.25) is 0 Å². The van der Waals surface area contributed by atoms with Gasteiger partial charge in [-0.2, -0.15) is 0 Å². The van der Waals surface area contributed by atoms with Crippen molar-refractivity contribution in [2.24, 2.45) is 5.92 Å². The highest BCUT2D eigenvalue weighted by Gasteiger charge is 2.14. The molecule has 1 atom stereocenters. The van der Waals surface area contributed by atoms with Crippen molar-refractivity contribution in [1.29, 1.82) is 0 Å². The van der Waals surface area contributed by atoms with E-state index in [0.29, 0.717) is 6.42 Å². The molecule has 1 aliphatic carbocycles. The van der Waals surface area contributed by atoms with Crippen LogP contribution in [0.2, 0.25) is 0 Å². The Balaban J connectivity index is 2.00. The highest BCUT2D eigenvalue weighted by Crippen LogP contribution is 2.26. The third kappa shape index (κ3) is 4.40. The second-order valence-corrected chi connectivity index (χ2v) is 4.29. The molecule has 0 saturated heterocycles. The quantitative estimate of drug-likeness (QED) is 0.573. The van der Waals surface area contributed by atoms with Crippen LogP contribution in [-0.2, 0) is 0 Å². The number of rotatable bonds is 7. The fourth-order valence-corrected chi connectivity index (χ4v) is 2.20. The molecule has 0 aromatic carbocycles. The summed E-state index contributed by atoms with van der Waals surface area (Å²) in [5.41, 5.74) is 0. The monoisotopic (exact) mass is 201 g/mol. The van der Waals surface area contributed by atoms with E-state index in [1.54, 1.807) is 0 Å². The van der Waals surface area contributed by atoms with Crippen LogP contribution < -0.4 is 5.32 Å². The van der Waals surface area contributed by atoms with Crippen LogP contribution in [0.3, 0.4) is 0 Å². The molecule has 14 heavy (non-hydrogen) atoms. The Bertz CT molecular complexity index is 135. The molecular formula is C11H23NO2. The van der Waals surface area contributed by atoms with Crippen molar-refractivity contribution in [1.82, 2.24) is 5.32 Å². The van der Waals surface area contributed by atoms with Crippen LogP contribution in [0.25, 0.3) is 0 Å². The molecule has 0 aromatic rings. The predicted octanol–water partition coefficient (Wildman–Crippen LogP) is 0.900. The van der Waals surface area contributed by atoms with Crippen LogP contribution in [-0.4, -0.2) is 36.0 Å². The van der Waals surface area contributed by atoms with E-state index in [1.165, 1.54) is 32.1 Å². The van der Waals surface area contributed by atoms with E-state index in [2.05, 4.69) is 5.32 Å². The van der Waals surface area contributed by atoms with E-state index in [4.69, 9.17) is 10.2 Å². The number of nitrogens with one attached hydrogen (secondary N) is 1. The van der Waals surface area contributed by atoms with Crippen LogP contribution in [0.4, 0.5) is 0 Å². The van der Waals surface area contributed by atoms with Crippen molar-refractivity contribution in [2.45, 2.75) is 44.6 Å². The van der Waals surface area contributed by atoms with Crippen molar-refractivity contribution in [3.8, 4) is 0 Å². The number of hydrogen-bond acceptors (Lipinski definition) is 3. The maximum absolute atomic E-state index is 8.98. The molecule has 1 rings (SSSR count). The van der Waals surface area contributed by atoms with Gasteiger partial charge in [0.25, 0.3) is 0 Å². The lowest BCUT2D eigenvalue weighted by atomic mass is 10.0. The summed E-state index contributed by atoms with van der Waals surface area (Å²) in [6.45, 7) is 1.27. The molecule has 1 unspecified atom stereocenters. The topological polar surface area (TPSA) is 52.5 Å². The van der Waals surface area contributed by atoms with Gasteiger partial charge in [-0.05, 0) is 25.3 Å². The summed E-state index contributed by atoms with van der Waals surface area (Å²) in [4.78, 5) is 0. The Morgan fingerprint density at radius 2 is 1.93 bits per heavy atom.